The van der Waals surface area contributed by atoms with E-state index in [1.165, 1.54) is 53.2 Å². The van der Waals surface area contributed by atoms with Crippen molar-refractivity contribution in [3.63, 3.8) is 0 Å². The molecule has 2 aromatic heterocycles. The molecule has 0 aliphatic carbocycles. The molecule has 0 unspecified atom stereocenters. The van der Waals surface area contributed by atoms with E-state index in [1.807, 2.05) is 18.2 Å². The lowest BCUT2D eigenvalue weighted by Gasteiger charge is -2.28. The first-order valence-electron chi connectivity index (χ1n) is 20.2. The van der Waals surface area contributed by atoms with Gasteiger partial charge in [0.1, 0.15) is 0 Å². The molecule has 0 bridgehead atoms. The van der Waals surface area contributed by atoms with Crippen LogP contribution in [-0.2, 0) is 0 Å². The topological polar surface area (TPSA) is 41.9 Å². The molecule has 0 fully saturated rings. The molecule has 12 aromatic rings. The first-order chi connectivity index (χ1) is 29.7. The fourth-order valence-corrected chi connectivity index (χ4v) is 10.00. The van der Waals surface area contributed by atoms with Crippen LogP contribution in [0.25, 0.3) is 97.4 Å². The smallest absolute Gasteiger partial charge is 0.165 e. The van der Waals surface area contributed by atoms with E-state index < -0.39 is 0 Å². The number of rotatable bonds is 6. The number of benzene rings is 10. The zero-order chi connectivity index (χ0) is 39.6. The lowest BCUT2D eigenvalue weighted by atomic mass is 9.99. The van der Waals surface area contributed by atoms with Gasteiger partial charge in [0.2, 0.25) is 0 Å². The predicted octanol–water partition coefficient (Wildman–Crippen LogP) is 15.3. The summed E-state index contributed by atoms with van der Waals surface area (Å²) in [5, 5.41) is 12.0. The average molecular weight is 783 g/mol. The van der Waals surface area contributed by atoms with E-state index in [0.717, 1.165) is 43.8 Å². The van der Waals surface area contributed by atoms with Crippen LogP contribution in [0.1, 0.15) is 0 Å². The van der Waals surface area contributed by atoms with Crippen molar-refractivity contribution in [2.75, 3.05) is 4.90 Å². The normalized spacial score (nSPS) is 11.7. The minimum absolute atomic E-state index is 0.649. The highest BCUT2D eigenvalue weighted by atomic mass is 32.1. The van der Waals surface area contributed by atoms with Gasteiger partial charge in [-0.1, -0.05) is 164 Å². The number of hydrogen-bond donors (Lipinski definition) is 0. The summed E-state index contributed by atoms with van der Waals surface area (Å²) in [6.45, 7) is 0. The maximum Gasteiger partial charge on any atom is 0.165 e. The molecule has 0 aliphatic heterocycles. The molecule has 0 spiro atoms. The largest absolute Gasteiger partial charge is 0.310 e. The molecule has 280 valence electrons. The molecule has 5 heteroatoms. The zero-order valence-electron chi connectivity index (χ0n) is 32.3. The van der Waals surface area contributed by atoms with Crippen LogP contribution in [0.3, 0.4) is 0 Å². The van der Waals surface area contributed by atoms with Gasteiger partial charge in [-0.25, -0.2) is 15.0 Å². The Hall–Kier alpha value is -7.73. The van der Waals surface area contributed by atoms with Gasteiger partial charge < -0.3 is 4.90 Å². The van der Waals surface area contributed by atoms with Crippen molar-refractivity contribution in [2.45, 2.75) is 0 Å². The van der Waals surface area contributed by atoms with Crippen LogP contribution in [-0.4, -0.2) is 15.0 Å². The summed E-state index contributed by atoms with van der Waals surface area (Å²) in [5.41, 5.74) is 6.23. The third kappa shape index (κ3) is 5.78. The van der Waals surface area contributed by atoms with Crippen molar-refractivity contribution in [3.8, 4) is 34.2 Å². The van der Waals surface area contributed by atoms with Crippen molar-refractivity contribution in [2.24, 2.45) is 0 Å². The quantitative estimate of drug-likeness (QED) is 0.168. The van der Waals surface area contributed by atoms with E-state index in [4.69, 9.17) is 15.0 Å². The predicted molar refractivity (Wildman–Crippen MR) is 254 cm³/mol. The Bertz CT molecular complexity index is 3550. The van der Waals surface area contributed by atoms with E-state index in [9.17, 15) is 0 Å². The fraction of sp³-hybridized carbons (Fsp3) is 0. The van der Waals surface area contributed by atoms with E-state index >= 15 is 0 Å². The number of anilines is 3. The number of hydrogen-bond acceptors (Lipinski definition) is 5. The van der Waals surface area contributed by atoms with Crippen LogP contribution in [0, 0.1) is 0 Å². The van der Waals surface area contributed by atoms with Crippen molar-refractivity contribution < 1.29 is 0 Å². The standard InChI is InChI=1S/C55H34N4S/c1-2-16-38(17-3-1)53-56-54(42-26-25-35-13-4-7-18-39(35)31-42)58-55(57-53)48-24-12-23-47-51-46-22-11-10-21-45(46)49(34-50(51)60-52(47)48)59(43-29-27-36-14-5-8-19-40(36)32-43)44-30-28-37-15-6-9-20-41(37)33-44/h1-34H. The molecule has 0 amide bonds. The highest BCUT2D eigenvalue weighted by Gasteiger charge is 2.22. The lowest BCUT2D eigenvalue weighted by molar-refractivity contribution is 1.08. The molecule has 60 heavy (non-hydrogen) atoms. The van der Waals surface area contributed by atoms with Crippen LogP contribution in [0.4, 0.5) is 17.1 Å². The molecule has 2 heterocycles. The Morgan fingerprint density at radius 1 is 0.350 bits per heavy atom. The molecule has 12 rings (SSSR count). The summed E-state index contributed by atoms with van der Waals surface area (Å²) >= 11 is 1.80. The Morgan fingerprint density at radius 2 is 0.867 bits per heavy atom. The first-order valence-corrected chi connectivity index (χ1v) is 21.0. The SMILES string of the molecule is c1ccc(-c2nc(-c3ccc4ccccc4c3)nc(-c3cccc4c3sc3cc(N(c5ccc6ccccc6c5)c5ccc6ccccc6c5)c5ccccc5c34)n2)cc1. The van der Waals surface area contributed by atoms with E-state index in [0.29, 0.717) is 17.5 Å². The summed E-state index contributed by atoms with van der Waals surface area (Å²) < 4.78 is 2.34. The van der Waals surface area contributed by atoms with Crippen LogP contribution < -0.4 is 4.90 Å². The monoisotopic (exact) mass is 782 g/mol. The molecule has 0 saturated carbocycles. The average Bonchev–Trinajstić information content (AvgIpc) is 3.70. The maximum absolute atomic E-state index is 5.24. The van der Waals surface area contributed by atoms with Crippen LogP contribution >= 0.6 is 11.3 Å². The second-order valence-corrected chi connectivity index (χ2v) is 16.3. The fourth-order valence-electron chi connectivity index (χ4n) is 8.73. The Balaban J connectivity index is 1.10. The van der Waals surface area contributed by atoms with E-state index in [-0.39, 0.29) is 0 Å². The second kappa shape index (κ2) is 14.0. The molecule has 4 nitrogen and oxygen atoms in total. The highest BCUT2D eigenvalue weighted by molar-refractivity contribution is 7.26. The van der Waals surface area contributed by atoms with Crippen molar-refractivity contribution >= 4 is 91.7 Å². The van der Waals surface area contributed by atoms with E-state index in [1.54, 1.807) is 11.3 Å². The summed E-state index contributed by atoms with van der Waals surface area (Å²) in [7, 11) is 0. The lowest BCUT2D eigenvalue weighted by Crippen LogP contribution is -2.10. The Labute approximate surface area is 350 Å². The molecule has 0 atom stereocenters. The van der Waals surface area contributed by atoms with Gasteiger partial charge in [0.25, 0.3) is 0 Å². The summed E-state index contributed by atoms with van der Waals surface area (Å²) in [6, 6.07) is 73.6. The number of nitrogens with zero attached hydrogens (tertiary/aromatic N) is 4. The number of fused-ring (bicyclic) bond motifs is 8. The van der Waals surface area contributed by atoms with Gasteiger partial charge in [0.05, 0.1) is 5.69 Å². The summed E-state index contributed by atoms with van der Waals surface area (Å²) in [4.78, 5) is 17.9. The third-order valence-electron chi connectivity index (χ3n) is 11.6. The summed E-state index contributed by atoms with van der Waals surface area (Å²) in [5.74, 6) is 1.95. The van der Waals surface area contributed by atoms with Crippen molar-refractivity contribution in [1.82, 2.24) is 15.0 Å². The maximum atomic E-state index is 5.24. The summed E-state index contributed by atoms with van der Waals surface area (Å²) in [6.07, 6.45) is 0. The van der Waals surface area contributed by atoms with Gasteiger partial charge in [0, 0.05) is 53.6 Å². The van der Waals surface area contributed by atoms with Gasteiger partial charge in [-0.2, -0.15) is 0 Å². The van der Waals surface area contributed by atoms with Crippen LogP contribution in [0.5, 0.6) is 0 Å². The zero-order valence-corrected chi connectivity index (χ0v) is 33.1. The van der Waals surface area contributed by atoms with Crippen LogP contribution in [0.15, 0.2) is 206 Å². The minimum atomic E-state index is 0.649. The molecule has 0 saturated heterocycles. The first kappa shape index (κ1) is 34.3. The van der Waals surface area contributed by atoms with Crippen molar-refractivity contribution in [3.05, 3.63) is 206 Å². The van der Waals surface area contributed by atoms with E-state index in [2.05, 4.69) is 193 Å². The highest BCUT2D eigenvalue weighted by Crippen LogP contribution is 2.48. The van der Waals surface area contributed by atoms with Gasteiger partial charge in [-0.05, 0) is 80.2 Å². The number of thiophene rings is 1. The van der Waals surface area contributed by atoms with Gasteiger partial charge >= 0.3 is 0 Å². The van der Waals surface area contributed by atoms with Gasteiger partial charge in [-0.15, -0.1) is 11.3 Å². The Morgan fingerprint density at radius 3 is 1.53 bits per heavy atom. The molecule has 0 aliphatic rings. The molecule has 0 radical (unpaired) electrons. The van der Waals surface area contributed by atoms with Gasteiger partial charge in [0.15, 0.2) is 17.5 Å². The third-order valence-corrected chi connectivity index (χ3v) is 12.8. The molecular formula is C55H34N4S. The molecular weight excluding hydrogens is 749 g/mol. The van der Waals surface area contributed by atoms with Gasteiger partial charge in [-0.3, -0.25) is 0 Å². The Kier molecular flexibility index (Phi) is 8.00. The van der Waals surface area contributed by atoms with Crippen molar-refractivity contribution in [1.29, 1.82) is 0 Å². The number of aromatic nitrogens is 3. The molecule has 0 N–H and O–H groups in total. The minimum Gasteiger partial charge on any atom is -0.310 e. The molecule has 10 aromatic carbocycles. The second-order valence-electron chi connectivity index (χ2n) is 15.2. The van der Waals surface area contributed by atoms with Crippen LogP contribution in [0.2, 0.25) is 0 Å².